The Labute approximate surface area is 203 Å². The average molecular weight is 493 g/mol. The van der Waals surface area contributed by atoms with Gasteiger partial charge in [0.2, 0.25) is 0 Å². The third-order valence-electron chi connectivity index (χ3n) is 5.96. The molecule has 0 saturated heterocycles. The SMILES string of the molecule is C/C(=N\OCc1ccc(OC(C)C)c(C(F)(F)F)c1)c1ccc2c(c1)CCC2N(C)CCC(=O)O. The molecule has 0 amide bonds. The highest BCUT2D eigenvalue weighted by Gasteiger charge is 2.35. The van der Waals surface area contributed by atoms with Crippen LogP contribution in [0.25, 0.3) is 0 Å². The first-order valence-corrected chi connectivity index (χ1v) is 11.5. The number of ether oxygens (including phenoxy) is 1. The number of rotatable bonds is 10. The molecule has 190 valence electrons. The summed E-state index contributed by atoms with van der Waals surface area (Å²) < 4.78 is 45.6. The Kier molecular flexibility index (Phi) is 8.43. The van der Waals surface area contributed by atoms with E-state index in [0.717, 1.165) is 24.5 Å². The quantitative estimate of drug-likeness (QED) is 0.334. The predicted octanol–water partition coefficient (Wildman–Crippen LogP) is 5.83. The zero-order valence-corrected chi connectivity index (χ0v) is 20.4. The maximum atomic E-state index is 13.4. The summed E-state index contributed by atoms with van der Waals surface area (Å²) in [6.07, 6.45) is -3.02. The second-order valence-corrected chi connectivity index (χ2v) is 9.04. The highest BCUT2D eigenvalue weighted by molar-refractivity contribution is 5.98. The molecule has 9 heteroatoms. The van der Waals surface area contributed by atoms with E-state index in [1.54, 1.807) is 20.8 Å². The number of carbonyl (C=O) groups is 1. The lowest BCUT2D eigenvalue weighted by molar-refractivity contribution is -0.139. The number of oxime groups is 1. The Bertz CT molecular complexity index is 1080. The summed E-state index contributed by atoms with van der Waals surface area (Å²) in [7, 11) is 1.93. The van der Waals surface area contributed by atoms with Crippen LogP contribution in [0.1, 0.15) is 67.5 Å². The van der Waals surface area contributed by atoms with Crippen molar-refractivity contribution in [1.82, 2.24) is 4.90 Å². The van der Waals surface area contributed by atoms with Gasteiger partial charge in [0, 0.05) is 12.6 Å². The Hall–Kier alpha value is -3.07. The van der Waals surface area contributed by atoms with E-state index in [-0.39, 0.29) is 30.9 Å². The molecule has 0 aliphatic heterocycles. The van der Waals surface area contributed by atoms with Crippen LogP contribution in [0.5, 0.6) is 5.75 Å². The van der Waals surface area contributed by atoms with E-state index < -0.39 is 17.7 Å². The number of carboxylic acids is 1. The first-order chi connectivity index (χ1) is 16.5. The fourth-order valence-electron chi connectivity index (χ4n) is 4.21. The van der Waals surface area contributed by atoms with Crippen LogP contribution in [0, 0.1) is 0 Å². The van der Waals surface area contributed by atoms with E-state index in [4.69, 9.17) is 14.7 Å². The molecule has 1 aliphatic carbocycles. The molecule has 0 spiro atoms. The van der Waals surface area contributed by atoms with Gasteiger partial charge in [0.1, 0.15) is 12.4 Å². The first kappa shape index (κ1) is 26.5. The molecule has 0 fully saturated rings. The Morgan fingerprint density at radius 2 is 1.97 bits per heavy atom. The number of hydrogen-bond donors (Lipinski definition) is 1. The van der Waals surface area contributed by atoms with Gasteiger partial charge >= 0.3 is 12.1 Å². The molecular weight excluding hydrogens is 461 g/mol. The zero-order valence-electron chi connectivity index (χ0n) is 20.4. The summed E-state index contributed by atoms with van der Waals surface area (Å²) in [5.41, 5.74) is 3.35. The molecule has 35 heavy (non-hydrogen) atoms. The van der Waals surface area contributed by atoms with Crippen LogP contribution in [-0.4, -0.2) is 41.4 Å². The van der Waals surface area contributed by atoms with Gasteiger partial charge in [-0.1, -0.05) is 23.4 Å². The van der Waals surface area contributed by atoms with E-state index in [1.165, 1.54) is 23.3 Å². The third-order valence-corrected chi connectivity index (χ3v) is 5.96. The van der Waals surface area contributed by atoms with Gasteiger partial charge in [0.05, 0.1) is 23.8 Å². The number of aliphatic carboxylic acids is 1. The Morgan fingerprint density at radius 3 is 2.63 bits per heavy atom. The number of carboxylic acid groups (broad SMARTS) is 1. The fourth-order valence-corrected chi connectivity index (χ4v) is 4.21. The van der Waals surface area contributed by atoms with Crippen molar-refractivity contribution in [3.05, 3.63) is 64.2 Å². The van der Waals surface area contributed by atoms with Crippen molar-refractivity contribution in [3.8, 4) is 5.75 Å². The van der Waals surface area contributed by atoms with Gasteiger partial charge in [0.15, 0.2) is 0 Å². The number of alkyl halides is 3. The van der Waals surface area contributed by atoms with Gasteiger partial charge < -0.3 is 14.7 Å². The Morgan fingerprint density at radius 1 is 1.23 bits per heavy atom. The summed E-state index contributed by atoms with van der Waals surface area (Å²) in [4.78, 5) is 18.3. The molecule has 6 nitrogen and oxygen atoms in total. The van der Waals surface area contributed by atoms with Crippen LogP contribution in [0.15, 0.2) is 41.6 Å². The summed E-state index contributed by atoms with van der Waals surface area (Å²) in [5, 5.41) is 13.0. The third kappa shape index (κ3) is 6.97. The first-order valence-electron chi connectivity index (χ1n) is 11.5. The van der Waals surface area contributed by atoms with Crippen molar-refractivity contribution >= 4 is 11.7 Å². The molecule has 1 N–H and O–H groups in total. The summed E-state index contributed by atoms with van der Waals surface area (Å²) in [6, 6.07) is 10.1. The standard InChI is InChI=1S/C26H31F3N2O4/c1-16(2)35-24-10-5-18(13-22(24)26(27,28)29)15-34-30-17(3)19-6-8-21-20(14-19)7-9-23(21)31(4)12-11-25(32)33/h5-6,8,10,13-14,16,23H,7,9,11-12,15H2,1-4H3,(H,32,33)/b30-17+. The smallest absolute Gasteiger partial charge is 0.419 e. The number of nitrogens with zero attached hydrogens (tertiary/aromatic N) is 2. The molecule has 1 unspecified atom stereocenters. The highest BCUT2D eigenvalue weighted by Crippen LogP contribution is 2.38. The molecule has 1 atom stereocenters. The Balaban J connectivity index is 1.67. The molecule has 3 rings (SSSR count). The van der Waals surface area contributed by atoms with Crippen molar-refractivity contribution in [2.75, 3.05) is 13.6 Å². The number of halogens is 3. The van der Waals surface area contributed by atoms with Crippen molar-refractivity contribution in [3.63, 3.8) is 0 Å². The maximum absolute atomic E-state index is 13.4. The number of aryl methyl sites for hydroxylation is 1. The molecule has 2 aromatic carbocycles. The van der Waals surface area contributed by atoms with Crippen LogP contribution < -0.4 is 4.74 Å². The van der Waals surface area contributed by atoms with E-state index in [1.807, 2.05) is 25.2 Å². The van der Waals surface area contributed by atoms with Gasteiger partial charge in [-0.25, -0.2) is 0 Å². The number of hydrogen-bond acceptors (Lipinski definition) is 5. The fraction of sp³-hybridized carbons (Fsp3) is 0.462. The van der Waals surface area contributed by atoms with Gasteiger partial charge in [-0.15, -0.1) is 0 Å². The monoisotopic (exact) mass is 492 g/mol. The van der Waals surface area contributed by atoms with E-state index in [2.05, 4.69) is 10.1 Å². The van der Waals surface area contributed by atoms with E-state index in [0.29, 0.717) is 17.8 Å². The van der Waals surface area contributed by atoms with Crippen LogP contribution in [0.2, 0.25) is 0 Å². The van der Waals surface area contributed by atoms with Crippen molar-refractivity contribution in [2.24, 2.45) is 5.16 Å². The predicted molar refractivity (Wildman–Crippen MR) is 127 cm³/mol. The van der Waals surface area contributed by atoms with Crippen molar-refractivity contribution in [1.29, 1.82) is 0 Å². The second kappa shape index (κ2) is 11.1. The molecule has 0 bridgehead atoms. The molecule has 0 aromatic heterocycles. The van der Waals surface area contributed by atoms with Gasteiger partial charge in [-0.05, 0) is 81.1 Å². The molecular formula is C26H31F3N2O4. The van der Waals surface area contributed by atoms with Crippen LogP contribution in [0.3, 0.4) is 0 Å². The van der Waals surface area contributed by atoms with Gasteiger partial charge in [-0.2, -0.15) is 13.2 Å². The lowest BCUT2D eigenvalue weighted by atomic mass is 10.0. The van der Waals surface area contributed by atoms with Crippen molar-refractivity contribution in [2.45, 2.75) is 65.0 Å². The maximum Gasteiger partial charge on any atom is 0.419 e. The zero-order chi connectivity index (χ0) is 25.8. The minimum absolute atomic E-state index is 0.0987. The van der Waals surface area contributed by atoms with Crippen molar-refractivity contribution < 1.29 is 32.6 Å². The molecule has 0 saturated carbocycles. The lowest BCUT2D eigenvalue weighted by Crippen LogP contribution is -2.25. The molecule has 1 aliphatic rings. The molecule has 2 aromatic rings. The van der Waals surface area contributed by atoms with Crippen LogP contribution in [0.4, 0.5) is 13.2 Å². The van der Waals surface area contributed by atoms with Crippen LogP contribution >= 0.6 is 0 Å². The summed E-state index contributed by atoms with van der Waals surface area (Å²) in [6.45, 7) is 5.50. The van der Waals surface area contributed by atoms with Gasteiger partial charge in [-0.3, -0.25) is 9.69 Å². The lowest BCUT2D eigenvalue weighted by Gasteiger charge is -2.24. The second-order valence-electron chi connectivity index (χ2n) is 9.04. The van der Waals surface area contributed by atoms with E-state index in [9.17, 15) is 18.0 Å². The summed E-state index contributed by atoms with van der Waals surface area (Å²) in [5.74, 6) is -1.02. The van der Waals surface area contributed by atoms with Gasteiger partial charge in [0.25, 0.3) is 0 Å². The highest BCUT2D eigenvalue weighted by atomic mass is 19.4. The average Bonchev–Trinajstić information content (AvgIpc) is 3.20. The minimum Gasteiger partial charge on any atom is -0.490 e. The van der Waals surface area contributed by atoms with Crippen LogP contribution in [-0.2, 0) is 28.8 Å². The molecule has 0 radical (unpaired) electrons. The molecule has 0 heterocycles. The topological polar surface area (TPSA) is 71.4 Å². The summed E-state index contributed by atoms with van der Waals surface area (Å²) >= 11 is 0. The normalized spacial score (nSPS) is 16.0. The largest absolute Gasteiger partial charge is 0.490 e. The number of fused-ring (bicyclic) bond motifs is 1. The van der Waals surface area contributed by atoms with E-state index >= 15 is 0 Å². The number of benzene rings is 2. The minimum atomic E-state index is -4.54.